The zero-order valence-corrected chi connectivity index (χ0v) is 11.7. The molecule has 0 unspecified atom stereocenters. The predicted molar refractivity (Wildman–Crippen MR) is 69.1 cm³/mol. The molecule has 0 radical (unpaired) electrons. The largest absolute Gasteiger partial charge is 0.442 e. The number of carbonyl (C=O) groups excluding carboxylic acids is 1. The van der Waals surface area contributed by atoms with Crippen molar-refractivity contribution in [3.63, 3.8) is 0 Å². The van der Waals surface area contributed by atoms with Crippen molar-refractivity contribution in [3.8, 4) is 0 Å². The second-order valence-electron chi connectivity index (χ2n) is 5.35. The van der Waals surface area contributed by atoms with Gasteiger partial charge in [-0.05, 0) is 51.5 Å². The van der Waals surface area contributed by atoms with Gasteiger partial charge >= 0.3 is 12.3 Å². The van der Waals surface area contributed by atoms with Crippen molar-refractivity contribution in [3.05, 3.63) is 29.3 Å². The maximum Gasteiger partial charge on any atom is 0.429 e. The van der Waals surface area contributed by atoms with E-state index in [1.807, 2.05) is 0 Å². The fourth-order valence-electron chi connectivity index (χ4n) is 1.53. The molecule has 20 heavy (non-hydrogen) atoms. The topological polar surface area (TPSA) is 55.6 Å². The molecule has 0 atom stereocenters. The zero-order valence-electron chi connectivity index (χ0n) is 11.7. The van der Waals surface area contributed by atoms with Gasteiger partial charge in [-0.1, -0.05) is 0 Å². The average Bonchev–Trinajstić information content (AvgIpc) is 2.23. The van der Waals surface area contributed by atoms with Gasteiger partial charge in [0.05, 0.1) is 11.3 Å². The number of hydrogen-bond acceptors (Lipinski definition) is 3. The first-order valence-electron chi connectivity index (χ1n) is 5.87. The summed E-state index contributed by atoms with van der Waals surface area (Å²) in [5.74, 6) is 5.55. The van der Waals surface area contributed by atoms with Crippen LogP contribution in [0.5, 0.6) is 0 Å². The molecule has 0 spiro atoms. The van der Waals surface area contributed by atoms with Crippen LogP contribution in [-0.4, -0.2) is 11.7 Å². The Kier molecular flexibility index (Phi) is 4.33. The number of nitrogens with zero attached hydrogens (tertiary/aromatic N) is 1. The van der Waals surface area contributed by atoms with Crippen LogP contribution < -0.4 is 10.9 Å². The van der Waals surface area contributed by atoms with E-state index < -0.39 is 23.4 Å². The van der Waals surface area contributed by atoms with E-state index in [4.69, 9.17) is 10.6 Å². The van der Waals surface area contributed by atoms with Crippen molar-refractivity contribution in [2.45, 2.75) is 39.5 Å². The number of ether oxygens (including phenoxy) is 1. The molecule has 0 aromatic heterocycles. The Hall–Kier alpha value is -1.76. The third kappa shape index (κ3) is 4.12. The molecule has 112 valence electrons. The second kappa shape index (κ2) is 5.32. The molecule has 1 aromatic rings. The van der Waals surface area contributed by atoms with Gasteiger partial charge in [0.25, 0.3) is 0 Å². The summed E-state index contributed by atoms with van der Waals surface area (Å²) < 4.78 is 42.9. The van der Waals surface area contributed by atoms with E-state index in [9.17, 15) is 18.0 Å². The van der Waals surface area contributed by atoms with E-state index >= 15 is 0 Å². The quantitative estimate of drug-likeness (QED) is 0.488. The summed E-state index contributed by atoms with van der Waals surface area (Å²) >= 11 is 0. The van der Waals surface area contributed by atoms with Gasteiger partial charge in [0, 0.05) is 0 Å². The van der Waals surface area contributed by atoms with Gasteiger partial charge in [-0.3, -0.25) is 0 Å². The van der Waals surface area contributed by atoms with Crippen LogP contribution in [0.2, 0.25) is 0 Å². The Bertz CT molecular complexity index is 507. The van der Waals surface area contributed by atoms with Crippen molar-refractivity contribution < 1.29 is 22.7 Å². The molecule has 0 bridgehead atoms. The fourth-order valence-corrected chi connectivity index (χ4v) is 1.53. The molecule has 0 heterocycles. The van der Waals surface area contributed by atoms with Gasteiger partial charge in [-0.2, -0.15) is 13.2 Å². The van der Waals surface area contributed by atoms with Crippen molar-refractivity contribution in [1.82, 2.24) is 0 Å². The van der Waals surface area contributed by atoms with Gasteiger partial charge in [-0.15, -0.1) is 0 Å². The Balaban J connectivity index is 2.99. The Morgan fingerprint density at radius 1 is 1.25 bits per heavy atom. The molecular weight excluding hydrogens is 273 g/mol. The van der Waals surface area contributed by atoms with Gasteiger partial charge < -0.3 is 4.74 Å². The highest BCUT2D eigenvalue weighted by molar-refractivity contribution is 5.86. The van der Waals surface area contributed by atoms with Gasteiger partial charge in [0.15, 0.2) is 0 Å². The first-order chi connectivity index (χ1) is 8.92. The Morgan fingerprint density at radius 3 is 2.20 bits per heavy atom. The molecule has 0 aliphatic rings. The van der Waals surface area contributed by atoms with E-state index in [1.54, 1.807) is 20.8 Å². The maximum atomic E-state index is 12.6. The fraction of sp³-hybridized carbons (Fsp3) is 0.462. The molecule has 0 saturated carbocycles. The molecule has 1 amide bonds. The van der Waals surface area contributed by atoms with Crippen LogP contribution in [-0.2, 0) is 10.9 Å². The minimum atomic E-state index is -4.44. The lowest BCUT2D eigenvalue weighted by molar-refractivity contribution is -0.138. The van der Waals surface area contributed by atoms with E-state index in [2.05, 4.69) is 0 Å². The van der Waals surface area contributed by atoms with E-state index in [0.717, 1.165) is 12.1 Å². The summed E-state index contributed by atoms with van der Waals surface area (Å²) in [6.07, 6.45) is -5.27. The smallest absolute Gasteiger partial charge is 0.429 e. The number of carbonyl (C=O) groups is 1. The summed E-state index contributed by atoms with van der Waals surface area (Å²) in [7, 11) is 0. The zero-order chi connectivity index (χ0) is 15.7. The predicted octanol–water partition coefficient (Wildman–Crippen LogP) is 3.63. The highest BCUT2D eigenvalue weighted by atomic mass is 19.4. The first kappa shape index (κ1) is 16.3. The van der Waals surface area contributed by atoms with Gasteiger partial charge in [0.1, 0.15) is 5.60 Å². The second-order valence-corrected chi connectivity index (χ2v) is 5.35. The molecule has 7 heteroatoms. The molecule has 4 nitrogen and oxygen atoms in total. The van der Waals surface area contributed by atoms with Crippen LogP contribution in [0.25, 0.3) is 0 Å². The summed E-state index contributed by atoms with van der Waals surface area (Å²) in [6, 6.07) is 3.20. The number of halogens is 3. The minimum Gasteiger partial charge on any atom is -0.442 e. The van der Waals surface area contributed by atoms with Crippen molar-refractivity contribution >= 4 is 11.8 Å². The SMILES string of the molecule is Cc1cc(N(N)C(=O)OC(C)(C)C)ccc1C(F)(F)F. The number of rotatable bonds is 1. The monoisotopic (exact) mass is 290 g/mol. The number of aryl methyl sites for hydroxylation is 1. The third-order valence-corrected chi connectivity index (χ3v) is 2.38. The molecule has 0 aliphatic heterocycles. The van der Waals surface area contributed by atoms with Crippen LogP contribution in [0.3, 0.4) is 0 Å². The van der Waals surface area contributed by atoms with E-state index in [0.29, 0.717) is 5.01 Å². The Labute approximate surface area is 115 Å². The van der Waals surface area contributed by atoms with Gasteiger partial charge in [-0.25, -0.2) is 15.6 Å². The summed E-state index contributed by atoms with van der Waals surface area (Å²) in [6.45, 7) is 6.29. The van der Waals surface area contributed by atoms with Crippen molar-refractivity contribution in [2.24, 2.45) is 5.84 Å². The lowest BCUT2D eigenvalue weighted by Gasteiger charge is -2.24. The molecule has 1 aromatic carbocycles. The molecule has 0 aliphatic carbocycles. The number of anilines is 1. The highest BCUT2D eigenvalue weighted by Gasteiger charge is 2.32. The number of hydrazine groups is 1. The molecule has 0 fully saturated rings. The third-order valence-electron chi connectivity index (χ3n) is 2.38. The van der Waals surface area contributed by atoms with Crippen LogP contribution in [0.1, 0.15) is 31.9 Å². The average molecular weight is 290 g/mol. The van der Waals surface area contributed by atoms with E-state index in [1.165, 1.54) is 13.0 Å². The maximum absolute atomic E-state index is 12.6. The number of hydrogen-bond donors (Lipinski definition) is 1. The number of amides is 1. The molecule has 2 N–H and O–H groups in total. The number of alkyl halides is 3. The minimum absolute atomic E-state index is 0.0194. The van der Waals surface area contributed by atoms with Gasteiger partial charge in [0.2, 0.25) is 0 Å². The number of nitrogens with two attached hydrogens (primary N) is 1. The summed E-state index contributed by atoms with van der Waals surface area (Å²) in [4.78, 5) is 11.7. The van der Waals surface area contributed by atoms with Crippen molar-refractivity contribution in [1.29, 1.82) is 0 Å². The Morgan fingerprint density at radius 2 is 1.80 bits per heavy atom. The summed E-state index contributed by atoms with van der Waals surface area (Å²) in [5, 5.41) is 0.679. The van der Waals surface area contributed by atoms with Crippen LogP contribution >= 0.6 is 0 Å². The standard InChI is InChI=1S/C13H17F3N2O2/c1-8-7-9(5-6-10(8)13(14,15)16)18(17)11(19)20-12(2,3)4/h5-7H,17H2,1-4H3. The lowest BCUT2D eigenvalue weighted by atomic mass is 10.1. The number of benzene rings is 1. The molecule has 1 rings (SSSR count). The first-order valence-corrected chi connectivity index (χ1v) is 5.87. The highest BCUT2D eigenvalue weighted by Crippen LogP contribution is 2.33. The molecule has 0 saturated heterocycles. The normalized spacial score (nSPS) is 12.2. The van der Waals surface area contributed by atoms with Crippen molar-refractivity contribution in [2.75, 3.05) is 5.01 Å². The molecular formula is C13H17F3N2O2. The van der Waals surface area contributed by atoms with E-state index in [-0.39, 0.29) is 11.3 Å². The lowest BCUT2D eigenvalue weighted by Crippen LogP contribution is -2.41. The van der Waals surface area contributed by atoms with Crippen LogP contribution in [0.4, 0.5) is 23.7 Å². The van der Waals surface area contributed by atoms with Crippen LogP contribution in [0, 0.1) is 6.92 Å². The van der Waals surface area contributed by atoms with Crippen LogP contribution in [0.15, 0.2) is 18.2 Å². The summed E-state index contributed by atoms with van der Waals surface area (Å²) in [5.41, 5.74) is -1.40.